The summed E-state index contributed by atoms with van der Waals surface area (Å²) >= 11 is 0. The van der Waals surface area contributed by atoms with E-state index < -0.39 is 0 Å². The van der Waals surface area contributed by atoms with E-state index in [9.17, 15) is 0 Å². The minimum atomic E-state index is 0.302. The summed E-state index contributed by atoms with van der Waals surface area (Å²) in [5.41, 5.74) is 4.90. The molecular weight excluding hydrogens is 196 g/mol. The third-order valence-corrected chi connectivity index (χ3v) is 3.74. The molecule has 0 aromatic carbocycles. The first-order valence-electron chi connectivity index (χ1n) is 6.03. The lowest BCUT2D eigenvalue weighted by Gasteiger charge is -2.42. The molecule has 0 saturated carbocycles. The van der Waals surface area contributed by atoms with Crippen LogP contribution in [0.1, 0.15) is 33.6 Å². The van der Waals surface area contributed by atoms with Gasteiger partial charge in [0.25, 0.3) is 0 Å². The molecule has 2 aliphatic carbocycles. The van der Waals surface area contributed by atoms with Crippen molar-refractivity contribution in [3.8, 4) is 0 Å². The van der Waals surface area contributed by atoms with Gasteiger partial charge in [-0.3, -0.25) is 0 Å². The van der Waals surface area contributed by atoms with Crippen LogP contribution in [0.2, 0.25) is 0 Å². The van der Waals surface area contributed by atoms with Crippen LogP contribution in [0, 0.1) is 11.3 Å². The Morgan fingerprint density at radius 2 is 2.12 bits per heavy atom. The second-order valence-corrected chi connectivity index (χ2v) is 5.87. The molecule has 16 heavy (non-hydrogen) atoms. The molecule has 1 nitrogen and oxygen atoms in total. The Hall–Kier alpha value is -1.24. The molecule has 0 N–H and O–H groups in total. The van der Waals surface area contributed by atoms with Crippen molar-refractivity contribution < 1.29 is 4.74 Å². The fourth-order valence-corrected chi connectivity index (χ4v) is 2.81. The van der Waals surface area contributed by atoms with Crippen molar-refractivity contribution in [2.75, 3.05) is 0 Å². The van der Waals surface area contributed by atoms with Gasteiger partial charge in [-0.15, -0.1) is 0 Å². The largest absolute Gasteiger partial charge is 0.468 e. The number of rotatable bonds is 0. The summed E-state index contributed by atoms with van der Waals surface area (Å²) in [7, 11) is 0. The van der Waals surface area contributed by atoms with Crippen LogP contribution < -0.4 is 0 Å². The number of allylic oxidation sites excluding steroid dienone is 6. The predicted octanol–water partition coefficient (Wildman–Crippen LogP) is 4.11. The molecule has 1 atom stereocenters. The fraction of sp³-hybridized carbons (Fsp3) is 0.467. The molecule has 3 aliphatic rings. The highest BCUT2D eigenvalue weighted by atomic mass is 16.5. The molecule has 3 rings (SSSR count). The molecule has 0 saturated heterocycles. The summed E-state index contributed by atoms with van der Waals surface area (Å²) in [4.78, 5) is 0. The van der Waals surface area contributed by atoms with Crippen molar-refractivity contribution in [3.05, 3.63) is 47.0 Å². The molecule has 1 heterocycles. The molecule has 0 aromatic rings. The van der Waals surface area contributed by atoms with Crippen LogP contribution in [0.25, 0.3) is 0 Å². The predicted molar refractivity (Wildman–Crippen MR) is 65.6 cm³/mol. The lowest BCUT2D eigenvalue weighted by atomic mass is 9.65. The maximum absolute atomic E-state index is 5.69. The molecule has 0 aromatic heterocycles. The van der Waals surface area contributed by atoms with Gasteiger partial charge in [0.05, 0.1) is 6.26 Å². The maximum Gasteiger partial charge on any atom is 0.111 e. The van der Waals surface area contributed by atoms with Crippen molar-refractivity contribution in [3.63, 3.8) is 0 Å². The average molecular weight is 214 g/mol. The summed E-state index contributed by atoms with van der Waals surface area (Å²) < 4.78 is 5.69. The van der Waals surface area contributed by atoms with Crippen molar-refractivity contribution in [1.29, 1.82) is 0 Å². The van der Waals surface area contributed by atoms with E-state index in [0.717, 1.165) is 18.6 Å². The van der Waals surface area contributed by atoms with Crippen molar-refractivity contribution >= 4 is 0 Å². The fourth-order valence-electron chi connectivity index (χ4n) is 2.81. The van der Waals surface area contributed by atoms with Crippen molar-refractivity contribution in [2.24, 2.45) is 11.3 Å². The van der Waals surface area contributed by atoms with Crippen LogP contribution in [0.5, 0.6) is 0 Å². The zero-order valence-electron chi connectivity index (χ0n) is 10.2. The minimum Gasteiger partial charge on any atom is -0.468 e. The molecule has 84 valence electrons. The van der Waals surface area contributed by atoms with Crippen molar-refractivity contribution in [2.45, 2.75) is 33.6 Å². The molecule has 1 aliphatic heterocycles. The Morgan fingerprint density at radius 3 is 2.88 bits per heavy atom. The second kappa shape index (κ2) is 3.13. The monoisotopic (exact) mass is 214 g/mol. The van der Waals surface area contributed by atoms with Gasteiger partial charge < -0.3 is 4.74 Å². The Bertz CT molecular complexity index is 452. The molecular formula is C15H18O. The van der Waals surface area contributed by atoms with Crippen LogP contribution >= 0.6 is 0 Å². The SMILES string of the molecule is CC(C)(C)C1=C2C(=COC3=CC=CCC32)C1. The topological polar surface area (TPSA) is 9.23 Å². The summed E-state index contributed by atoms with van der Waals surface area (Å²) in [6.45, 7) is 6.93. The third kappa shape index (κ3) is 1.31. The molecule has 0 fully saturated rings. The Labute approximate surface area is 97.2 Å². The van der Waals surface area contributed by atoms with Crippen LogP contribution in [-0.2, 0) is 4.74 Å². The normalized spacial score (nSPS) is 27.3. The Kier molecular flexibility index (Phi) is 1.95. The van der Waals surface area contributed by atoms with E-state index >= 15 is 0 Å². The van der Waals surface area contributed by atoms with Crippen LogP contribution in [0.3, 0.4) is 0 Å². The first kappa shape index (κ1) is 9.95. The zero-order chi connectivity index (χ0) is 11.3. The van der Waals surface area contributed by atoms with Gasteiger partial charge in [-0.2, -0.15) is 0 Å². The van der Waals surface area contributed by atoms with Crippen molar-refractivity contribution in [1.82, 2.24) is 0 Å². The Morgan fingerprint density at radius 1 is 1.31 bits per heavy atom. The molecule has 0 bridgehead atoms. The van der Waals surface area contributed by atoms with Crippen LogP contribution in [-0.4, -0.2) is 0 Å². The van der Waals surface area contributed by atoms with Gasteiger partial charge in [-0.25, -0.2) is 0 Å². The highest BCUT2D eigenvalue weighted by Gasteiger charge is 2.39. The van der Waals surface area contributed by atoms with Gasteiger partial charge in [0, 0.05) is 5.92 Å². The first-order chi connectivity index (χ1) is 7.57. The summed E-state index contributed by atoms with van der Waals surface area (Å²) in [5.74, 6) is 1.62. The van der Waals surface area contributed by atoms with Gasteiger partial charge in [0.15, 0.2) is 0 Å². The van der Waals surface area contributed by atoms with Gasteiger partial charge in [-0.05, 0) is 35.5 Å². The van der Waals surface area contributed by atoms with E-state index in [4.69, 9.17) is 4.74 Å². The zero-order valence-corrected chi connectivity index (χ0v) is 10.2. The number of hydrogen-bond donors (Lipinski definition) is 0. The van der Waals surface area contributed by atoms with E-state index in [1.807, 2.05) is 6.26 Å². The van der Waals surface area contributed by atoms with Gasteiger partial charge >= 0.3 is 0 Å². The van der Waals surface area contributed by atoms with E-state index in [-0.39, 0.29) is 0 Å². The lowest BCUT2D eigenvalue weighted by Crippen LogP contribution is -2.29. The van der Waals surface area contributed by atoms with E-state index in [0.29, 0.717) is 11.3 Å². The number of hydrogen-bond acceptors (Lipinski definition) is 1. The smallest absolute Gasteiger partial charge is 0.111 e. The van der Waals surface area contributed by atoms with Crippen LogP contribution in [0.15, 0.2) is 47.0 Å². The number of ether oxygens (including phenoxy) is 1. The quantitative estimate of drug-likeness (QED) is 0.589. The third-order valence-electron chi connectivity index (χ3n) is 3.74. The average Bonchev–Trinajstić information content (AvgIpc) is 2.15. The van der Waals surface area contributed by atoms with E-state index in [2.05, 4.69) is 39.0 Å². The standard InChI is InChI=1S/C15H18O/c1-15(2,3)12-8-10-9-16-13-7-5-4-6-11(13)14(10)12/h4-5,7,9,11H,6,8H2,1-3H3. The molecule has 0 amide bonds. The highest BCUT2D eigenvalue weighted by Crippen LogP contribution is 2.52. The summed E-state index contributed by atoms with van der Waals surface area (Å²) in [5, 5.41) is 0. The Balaban J connectivity index is 2.06. The molecule has 0 spiro atoms. The lowest BCUT2D eigenvalue weighted by molar-refractivity contribution is 0.271. The summed E-state index contributed by atoms with van der Waals surface area (Å²) in [6, 6.07) is 0. The van der Waals surface area contributed by atoms with Crippen LogP contribution in [0.4, 0.5) is 0 Å². The minimum absolute atomic E-state index is 0.302. The van der Waals surface area contributed by atoms with E-state index in [1.54, 1.807) is 11.1 Å². The van der Waals surface area contributed by atoms with Gasteiger partial charge in [0.2, 0.25) is 0 Å². The molecule has 1 heteroatoms. The van der Waals surface area contributed by atoms with Gasteiger partial charge in [0.1, 0.15) is 5.76 Å². The highest BCUT2D eigenvalue weighted by molar-refractivity contribution is 5.55. The molecule has 0 radical (unpaired) electrons. The second-order valence-electron chi connectivity index (χ2n) is 5.87. The first-order valence-corrected chi connectivity index (χ1v) is 6.03. The molecule has 1 unspecified atom stereocenters. The summed E-state index contributed by atoms with van der Waals surface area (Å²) in [6.07, 6.45) is 10.6. The number of fused-ring (bicyclic) bond motifs is 3. The maximum atomic E-state index is 5.69. The van der Waals surface area contributed by atoms with E-state index in [1.165, 1.54) is 5.57 Å². The van der Waals surface area contributed by atoms with Gasteiger partial charge in [-0.1, -0.05) is 38.5 Å².